The fourth-order valence-electron chi connectivity index (χ4n) is 1.82. The molecule has 1 aromatic carbocycles. The summed E-state index contributed by atoms with van der Waals surface area (Å²) in [6, 6.07) is 4.31. The number of aromatic nitrogens is 3. The van der Waals surface area contributed by atoms with E-state index in [4.69, 9.17) is 39.5 Å². The molecule has 0 amide bonds. The molecular weight excluding hydrogens is 410 g/mol. The van der Waals surface area contributed by atoms with Crippen LogP contribution in [0.2, 0.25) is 10.0 Å². The zero-order chi connectivity index (χ0) is 20.4. The molecule has 8 nitrogen and oxygen atoms in total. The summed E-state index contributed by atoms with van der Waals surface area (Å²) < 4.78 is 38.3. The van der Waals surface area contributed by atoms with Crippen LogP contribution in [-0.2, 0) is 6.18 Å². The van der Waals surface area contributed by atoms with Crippen LogP contribution >= 0.6 is 23.2 Å². The molecular formula is C14H6Cl2F3N7O. The summed E-state index contributed by atoms with van der Waals surface area (Å²) in [4.78, 5) is 4.38. The Balaban J connectivity index is 2.50. The number of hydrogen-bond acceptors (Lipinski definition) is 6. The highest BCUT2D eigenvalue weighted by molar-refractivity contribution is 6.37. The lowest BCUT2D eigenvalue weighted by molar-refractivity contribution is -0.688. The fourth-order valence-corrected chi connectivity index (χ4v) is 2.46. The van der Waals surface area contributed by atoms with Crippen LogP contribution in [0.15, 0.2) is 34.7 Å². The second-order valence-corrected chi connectivity index (χ2v) is 5.59. The quantitative estimate of drug-likeness (QED) is 0.356. The van der Waals surface area contributed by atoms with Crippen molar-refractivity contribution in [2.45, 2.75) is 6.18 Å². The number of aliphatic imine (C=N–C) groups is 1. The van der Waals surface area contributed by atoms with E-state index in [2.05, 4.69) is 10.1 Å². The zero-order valence-corrected chi connectivity index (χ0v) is 14.4. The predicted molar refractivity (Wildman–Crippen MR) is 87.6 cm³/mol. The minimum Gasteiger partial charge on any atom is -0.692 e. The van der Waals surface area contributed by atoms with Crippen LogP contribution in [-0.4, -0.2) is 16.1 Å². The van der Waals surface area contributed by atoms with Gasteiger partial charge in [0.1, 0.15) is 17.8 Å². The van der Waals surface area contributed by atoms with Gasteiger partial charge in [-0.25, -0.2) is 4.99 Å². The van der Waals surface area contributed by atoms with E-state index in [-0.39, 0.29) is 16.2 Å². The van der Waals surface area contributed by atoms with Gasteiger partial charge in [-0.2, -0.15) is 28.5 Å². The molecule has 0 saturated carbocycles. The van der Waals surface area contributed by atoms with Crippen molar-refractivity contribution in [3.05, 3.63) is 56.2 Å². The second-order valence-electron chi connectivity index (χ2n) is 4.78. The largest absolute Gasteiger partial charge is 0.692 e. The van der Waals surface area contributed by atoms with Gasteiger partial charge in [-0.15, -0.1) is 0 Å². The molecule has 0 aliphatic carbocycles. The average molecular weight is 416 g/mol. The van der Waals surface area contributed by atoms with E-state index in [0.29, 0.717) is 16.9 Å². The maximum atomic E-state index is 12.8. The highest BCUT2D eigenvalue weighted by Crippen LogP contribution is 2.36. The number of nitriles is 2. The molecule has 0 aliphatic rings. The van der Waals surface area contributed by atoms with Crippen LogP contribution in [0, 0.1) is 27.9 Å². The van der Waals surface area contributed by atoms with Crippen LogP contribution in [0.25, 0.3) is 5.69 Å². The van der Waals surface area contributed by atoms with Gasteiger partial charge in [-0.05, 0) is 16.9 Å². The number of hydrogen-bond donors (Lipinski definition) is 1. The number of halogens is 5. The van der Waals surface area contributed by atoms with Crippen molar-refractivity contribution in [1.29, 1.82) is 10.5 Å². The van der Waals surface area contributed by atoms with Gasteiger partial charge in [0, 0.05) is 0 Å². The predicted octanol–water partition coefficient (Wildman–Crippen LogP) is 2.47. The second kappa shape index (κ2) is 7.53. The lowest BCUT2D eigenvalue weighted by Gasteiger charge is -2.11. The van der Waals surface area contributed by atoms with Crippen molar-refractivity contribution in [3.8, 4) is 17.8 Å². The van der Waals surface area contributed by atoms with Gasteiger partial charge in [0.15, 0.2) is 17.6 Å². The lowest BCUT2D eigenvalue weighted by Crippen LogP contribution is -2.36. The number of benzene rings is 1. The highest BCUT2D eigenvalue weighted by Gasteiger charge is 2.33. The van der Waals surface area contributed by atoms with E-state index < -0.39 is 33.2 Å². The van der Waals surface area contributed by atoms with Crippen LogP contribution in [0.5, 0.6) is 0 Å². The first-order chi connectivity index (χ1) is 12.6. The molecule has 0 fully saturated rings. The summed E-state index contributed by atoms with van der Waals surface area (Å²) in [6.07, 6.45) is -2.83. The topological polar surface area (TPSA) is 131 Å². The summed E-state index contributed by atoms with van der Waals surface area (Å²) in [5.41, 5.74) is 2.94. The Morgan fingerprint density at radius 3 is 2.37 bits per heavy atom. The van der Waals surface area contributed by atoms with Crippen molar-refractivity contribution >= 4 is 29.4 Å². The summed E-state index contributed by atoms with van der Waals surface area (Å²) in [7, 11) is 0. The van der Waals surface area contributed by atoms with Crippen molar-refractivity contribution in [3.63, 3.8) is 0 Å². The third-order valence-corrected chi connectivity index (χ3v) is 3.57. The first-order valence-corrected chi connectivity index (χ1v) is 7.44. The normalized spacial score (nSPS) is 12.6. The third-order valence-electron chi connectivity index (χ3n) is 2.99. The van der Waals surface area contributed by atoms with E-state index in [0.717, 1.165) is 12.4 Å². The average Bonchev–Trinajstić information content (AvgIpc) is 2.94. The van der Waals surface area contributed by atoms with Gasteiger partial charge < -0.3 is 10.9 Å². The molecule has 2 rings (SSSR count). The maximum absolute atomic E-state index is 12.8. The van der Waals surface area contributed by atoms with E-state index >= 15 is 0 Å². The monoisotopic (exact) mass is 415 g/mol. The van der Waals surface area contributed by atoms with Crippen LogP contribution in [0.3, 0.4) is 0 Å². The van der Waals surface area contributed by atoms with Crippen LogP contribution in [0.4, 0.5) is 13.2 Å². The summed E-state index contributed by atoms with van der Waals surface area (Å²) >= 11 is 11.7. The zero-order valence-electron chi connectivity index (χ0n) is 12.9. The molecule has 0 unspecified atom stereocenters. The molecule has 27 heavy (non-hydrogen) atoms. The minimum atomic E-state index is -4.68. The van der Waals surface area contributed by atoms with Crippen molar-refractivity contribution < 1.29 is 18.0 Å². The van der Waals surface area contributed by atoms with E-state index in [1.165, 1.54) is 6.07 Å². The highest BCUT2D eigenvalue weighted by atomic mass is 35.5. The molecule has 0 aliphatic heterocycles. The number of rotatable bonds is 3. The first kappa shape index (κ1) is 20.0. The van der Waals surface area contributed by atoms with Crippen molar-refractivity contribution in [1.82, 2.24) is 9.90 Å². The van der Waals surface area contributed by atoms with Gasteiger partial charge >= 0.3 is 6.18 Å². The van der Waals surface area contributed by atoms with Gasteiger partial charge in [0.05, 0.1) is 26.9 Å². The van der Waals surface area contributed by atoms with Crippen LogP contribution in [0.1, 0.15) is 11.3 Å². The molecule has 13 heteroatoms. The third kappa shape index (κ3) is 4.28. The lowest BCUT2D eigenvalue weighted by atomic mass is 10.2. The van der Waals surface area contributed by atoms with Crippen LogP contribution < -0.4 is 10.6 Å². The number of allylic oxidation sites excluding steroid dienone is 2. The number of alkyl halides is 3. The Morgan fingerprint density at radius 1 is 1.30 bits per heavy atom. The Hall–Kier alpha value is -3.28. The smallest absolute Gasteiger partial charge is 0.416 e. The standard InChI is InChI=1S/C14H6Cl2F3N7O/c15-9-1-7(14(17,18)19)2-10(16)13(9)26-24-8(6-25(26)27)5-23-12(4-21)11(22)3-20/h1-2,5-6H,22H2/b12-11-,23-5?. The number of nitrogens with two attached hydrogens (primary N) is 1. The molecule has 2 aromatic rings. The van der Waals surface area contributed by atoms with E-state index in [1.54, 1.807) is 6.07 Å². The van der Waals surface area contributed by atoms with Gasteiger partial charge in [-0.3, -0.25) is 0 Å². The molecule has 1 heterocycles. The molecule has 0 saturated heterocycles. The van der Waals surface area contributed by atoms with E-state index in [9.17, 15) is 18.4 Å². The first-order valence-electron chi connectivity index (χ1n) is 6.68. The van der Waals surface area contributed by atoms with Gasteiger partial charge in [0.25, 0.3) is 5.69 Å². The Kier molecular flexibility index (Phi) is 5.59. The maximum Gasteiger partial charge on any atom is 0.416 e. The number of nitrogens with zero attached hydrogens (tertiary/aromatic N) is 6. The molecule has 2 N–H and O–H groups in total. The Bertz CT molecular complexity index is 1020. The Morgan fingerprint density at radius 2 is 1.89 bits per heavy atom. The van der Waals surface area contributed by atoms with Gasteiger partial charge in [0.2, 0.25) is 0 Å². The van der Waals surface area contributed by atoms with Crippen molar-refractivity contribution in [2.24, 2.45) is 10.7 Å². The minimum absolute atomic E-state index is 0.101. The SMILES string of the molecule is N#C/C(N)=C(\C#N)N=Cc1c[n+]([O-])n(-c2c(Cl)cc(C(F)(F)F)cc2Cl)n1. The fraction of sp³-hybridized carbons (Fsp3) is 0.0714. The molecule has 0 radical (unpaired) electrons. The van der Waals surface area contributed by atoms with Crippen molar-refractivity contribution in [2.75, 3.05) is 0 Å². The molecule has 0 bridgehead atoms. The molecule has 1 aromatic heterocycles. The summed E-state index contributed by atoms with van der Waals surface area (Å²) in [5.74, 6) is 0. The molecule has 0 atom stereocenters. The summed E-state index contributed by atoms with van der Waals surface area (Å²) in [6.45, 7) is 0. The molecule has 0 spiro atoms. The van der Waals surface area contributed by atoms with E-state index in [1.807, 2.05) is 0 Å². The summed E-state index contributed by atoms with van der Waals surface area (Å²) in [5, 5.41) is 32.3. The Labute approximate surface area is 159 Å². The molecule has 138 valence electrons. The van der Waals surface area contributed by atoms with Gasteiger partial charge in [-0.1, -0.05) is 23.2 Å².